The second-order valence-corrected chi connectivity index (χ2v) is 7.77. The lowest BCUT2D eigenvalue weighted by atomic mass is 10.2. The molecule has 1 aliphatic heterocycles. The number of esters is 1. The summed E-state index contributed by atoms with van der Waals surface area (Å²) in [5, 5.41) is 4.91. The number of rotatable bonds is 7. The van der Waals surface area contributed by atoms with E-state index in [0.29, 0.717) is 12.2 Å². The number of fused-ring (bicyclic) bond motifs is 1. The Hall–Kier alpha value is -3.04. The average Bonchev–Trinajstić information content (AvgIpc) is 3.11. The number of pyridine rings is 1. The number of hydrogen-bond acceptors (Lipinski definition) is 7. The zero-order valence-electron chi connectivity index (χ0n) is 17.2. The first-order valence-corrected chi connectivity index (χ1v) is 10.8. The molecule has 168 valence electrons. The zero-order chi connectivity index (χ0) is 22.7. The Kier molecular flexibility index (Phi) is 6.66. The molecule has 2 aromatic heterocycles. The summed E-state index contributed by atoms with van der Waals surface area (Å²) >= 11 is 12.7. The van der Waals surface area contributed by atoms with Crippen LogP contribution >= 0.6 is 23.2 Å². The number of halogens is 2. The molecule has 0 saturated carbocycles. The molecule has 1 aromatic carbocycles. The van der Waals surface area contributed by atoms with Crippen LogP contribution in [0.15, 0.2) is 35.3 Å². The smallest absolute Gasteiger partial charge is 0.350 e. The second-order valence-electron chi connectivity index (χ2n) is 6.96. The van der Waals surface area contributed by atoms with Crippen LogP contribution in [0.25, 0.3) is 5.69 Å². The van der Waals surface area contributed by atoms with Crippen molar-refractivity contribution < 1.29 is 19.0 Å². The van der Waals surface area contributed by atoms with Gasteiger partial charge in [-0.3, -0.25) is 4.57 Å². The van der Waals surface area contributed by atoms with E-state index >= 15 is 0 Å². The topological polar surface area (TPSA) is 97.5 Å². The van der Waals surface area contributed by atoms with Gasteiger partial charge in [-0.25, -0.2) is 14.6 Å². The van der Waals surface area contributed by atoms with Gasteiger partial charge in [0.15, 0.2) is 12.4 Å². The fraction of sp³-hybridized carbons (Fsp3) is 0.333. The van der Waals surface area contributed by atoms with E-state index in [9.17, 15) is 9.59 Å². The van der Waals surface area contributed by atoms with Gasteiger partial charge in [0, 0.05) is 25.2 Å². The fourth-order valence-electron chi connectivity index (χ4n) is 3.33. The molecular formula is C21H20Cl2N4O5. The van der Waals surface area contributed by atoms with Crippen molar-refractivity contribution in [2.75, 3.05) is 13.2 Å². The number of aryl methyl sites for hydroxylation is 1. The van der Waals surface area contributed by atoms with Gasteiger partial charge in [-0.2, -0.15) is 4.68 Å². The van der Waals surface area contributed by atoms with Crippen LogP contribution in [0, 0.1) is 0 Å². The first-order chi connectivity index (χ1) is 15.5. The van der Waals surface area contributed by atoms with Crippen molar-refractivity contribution in [1.82, 2.24) is 19.3 Å². The molecule has 0 spiro atoms. The van der Waals surface area contributed by atoms with Crippen LogP contribution < -0.4 is 15.2 Å². The maximum atomic E-state index is 12.8. The summed E-state index contributed by atoms with van der Waals surface area (Å²) < 4.78 is 19.1. The number of carbonyl (C=O) groups excluding carboxylic acids is 1. The van der Waals surface area contributed by atoms with E-state index in [1.165, 1.54) is 23.0 Å². The highest BCUT2D eigenvalue weighted by molar-refractivity contribution is 6.36. The Balaban J connectivity index is 1.65. The maximum Gasteiger partial charge on any atom is 0.350 e. The van der Waals surface area contributed by atoms with E-state index in [4.69, 9.17) is 37.4 Å². The predicted molar refractivity (Wildman–Crippen MR) is 117 cm³/mol. The minimum absolute atomic E-state index is 0.0859. The van der Waals surface area contributed by atoms with Crippen LogP contribution in [-0.2, 0) is 22.5 Å². The lowest BCUT2D eigenvalue weighted by Gasteiger charge is -2.13. The SMILES string of the molecule is CCOC(=O)COc1ncccc1Oc1cc(-n2nc3n(c2=O)CCCC3)c(Cl)cc1Cl. The Morgan fingerprint density at radius 3 is 2.81 bits per heavy atom. The minimum atomic E-state index is -0.529. The summed E-state index contributed by atoms with van der Waals surface area (Å²) in [4.78, 5) is 28.5. The summed E-state index contributed by atoms with van der Waals surface area (Å²) in [7, 11) is 0. The van der Waals surface area contributed by atoms with Crippen molar-refractivity contribution in [2.24, 2.45) is 0 Å². The number of benzene rings is 1. The Morgan fingerprint density at radius 1 is 1.19 bits per heavy atom. The van der Waals surface area contributed by atoms with Crippen LogP contribution in [0.1, 0.15) is 25.6 Å². The summed E-state index contributed by atoms with van der Waals surface area (Å²) in [6.45, 7) is 2.25. The molecule has 9 nitrogen and oxygen atoms in total. The molecule has 11 heteroatoms. The lowest BCUT2D eigenvalue weighted by molar-refractivity contribution is -0.145. The normalized spacial score (nSPS) is 12.8. The number of carbonyl (C=O) groups is 1. The van der Waals surface area contributed by atoms with Gasteiger partial charge in [0.1, 0.15) is 11.6 Å². The molecule has 0 bridgehead atoms. The number of aromatic nitrogens is 4. The van der Waals surface area contributed by atoms with Crippen LogP contribution in [0.4, 0.5) is 0 Å². The van der Waals surface area contributed by atoms with Crippen molar-refractivity contribution in [3.05, 3.63) is 56.8 Å². The molecule has 0 unspecified atom stereocenters. The van der Waals surface area contributed by atoms with Crippen molar-refractivity contribution in [3.8, 4) is 23.1 Å². The minimum Gasteiger partial charge on any atom is -0.463 e. The molecule has 0 saturated heterocycles. The largest absolute Gasteiger partial charge is 0.463 e. The Labute approximate surface area is 193 Å². The molecule has 0 N–H and O–H groups in total. The average molecular weight is 479 g/mol. The molecule has 0 radical (unpaired) electrons. The van der Waals surface area contributed by atoms with E-state index in [0.717, 1.165) is 25.1 Å². The van der Waals surface area contributed by atoms with Gasteiger partial charge in [0.2, 0.25) is 0 Å². The zero-order valence-corrected chi connectivity index (χ0v) is 18.7. The van der Waals surface area contributed by atoms with E-state index < -0.39 is 5.97 Å². The summed E-state index contributed by atoms with van der Waals surface area (Å²) in [5.74, 6) is 0.722. The predicted octanol–water partition coefficient (Wildman–Crippen LogP) is 3.81. The van der Waals surface area contributed by atoms with E-state index in [1.807, 2.05) is 0 Å². The monoisotopic (exact) mass is 478 g/mol. The first kappa shape index (κ1) is 22.2. The van der Waals surface area contributed by atoms with E-state index in [-0.39, 0.29) is 46.3 Å². The van der Waals surface area contributed by atoms with Gasteiger partial charge in [0.05, 0.1) is 22.3 Å². The molecule has 1 aliphatic rings. The van der Waals surface area contributed by atoms with Crippen LogP contribution in [0.2, 0.25) is 10.0 Å². The van der Waals surface area contributed by atoms with Crippen LogP contribution in [0.3, 0.4) is 0 Å². The van der Waals surface area contributed by atoms with Crippen LogP contribution in [-0.4, -0.2) is 38.5 Å². The van der Waals surface area contributed by atoms with Crippen molar-refractivity contribution in [2.45, 2.75) is 32.7 Å². The second kappa shape index (κ2) is 9.62. The number of nitrogens with zero attached hydrogens (tertiary/aromatic N) is 4. The molecule has 32 heavy (non-hydrogen) atoms. The molecule has 3 aromatic rings. The van der Waals surface area contributed by atoms with E-state index in [1.54, 1.807) is 23.6 Å². The molecule has 0 atom stereocenters. The van der Waals surface area contributed by atoms with Gasteiger partial charge in [-0.15, -0.1) is 5.10 Å². The molecule has 0 amide bonds. The summed E-state index contributed by atoms with van der Waals surface area (Å²) in [5.41, 5.74) is 0.0746. The van der Waals surface area contributed by atoms with Gasteiger partial charge in [-0.1, -0.05) is 23.2 Å². The molecule has 0 fully saturated rings. The van der Waals surface area contributed by atoms with Crippen molar-refractivity contribution >= 4 is 29.2 Å². The highest BCUT2D eigenvalue weighted by Crippen LogP contribution is 2.37. The third-order valence-electron chi connectivity index (χ3n) is 4.79. The summed E-state index contributed by atoms with van der Waals surface area (Å²) in [6.07, 6.45) is 4.14. The number of hydrogen-bond donors (Lipinski definition) is 0. The standard InChI is InChI=1S/C21H20Cl2N4O5/c1-2-30-19(28)12-31-20-16(6-5-8-24-20)32-17-11-15(13(22)10-14(17)23)27-21(29)26-9-4-3-7-18(26)25-27/h5-6,8,10-11H,2-4,7,9,12H2,1H3. The Bertz CT molecular complexity index is 1210. The Morgan fingerprint density at radius 2 is 2.03 bits per heavy atom. The molecule has 0 aliphatic carbocycles. The number of ether oxygens (including phenoxy) is 3. The maximum absolute atomic E-state index is 12.8. The van der Waals surface area contributed by atoms with E-state index in [2.05, 4.69) is 10.1 Å². The highest BCUT2D eigenvalue weighted by atomic mass is 35.5. The fourth-order valence-corrected chi connectivity index (χ4v) is 3.83. The molecular weight excluding hydrogens is 459 g/mol. The van der Waals surface area contributed by atoms with Crippen LogP contribution in [0.5, 0.6) is 17.4 Å². The third-order valence-corrected chi connectivity index (χ3v) is 5.39. The van der Waals surface area contributed by atoms with Crippen molar-refractivity contribution in [3.63, 3.8) is 0 Å². The summed E-state index contributed by atoms with van der Waals surface area (Å²) in [6, 6.07) is 6.27. The third kappa shape index (κ3) is 4.58. The quantitative estimate of drug-likeness (QED) is 0.476. The highest BCUT2D eigenvalue weighted by Gasteiger charge is 2.21. The lowest BCUT2D eigenvalue weighted by Crippen LogP contribution is -2.26. The molecule has 4 rings (SSSR count). The van der Waals surface area contributed by atoms with Gasteiger partial charge in [-0.05, 0) is 38.0 Å². The van der Waals surface area contributed by atoms with Gasteiger partial charge in [0.25, 0.3) is 5.88 Å². The molecule has 3 heterocycles. The van der Waals surface area contributed by atoms with Gasteiger partial charge >= 0.3 is 11.7 Å². The first-order valence-electron chi connectivity index (χ1n) is 10.1. The van der Waals surface area contributed by atoms with Crippen molar-refractivity contribution in [1.29, 1.82) is 0 Å². The van der Waals surface area contributed by atoms with Gasteiger partial charge < -0.3 is 14.2 Å².